The van der Waals surface area contributed by atoms with Gasteiger partial charge in [0.2, 0.25) is 5.95 Å². The molecule has 1 heterocycles. The minimum atomic E-state index is -3.83. The Morgan fingerprint density at radius 2 is 1.62 bits per heavy atom. The number of carbonyl (C=O) groups excluding carboxylic acids is 1. The molecule has 0 saturated carbocycles. The molecule has 0 bridgehead atoms. The van der Waals surface area contributed by atoms with Gasteiger partial charge in [0, 0.05) is 34.9 Å². The van der Waals surface area contributed by atoms with Gasteiger partial charge in [0.1, 0.15) is 5.75 Å². The van der Waals surface area contributed by atoms with Crippen molar-refractivity contribution in [3.05, 3.63) is 83.8 Å². The van der Waals surface area contributed by atoms with E-state index in [1.807, 2.05) is 6.92 Å². The zero-order valence-corrected chi connectivity index (χ0v) is 18.8. The van der Waals surface area contributed by atoms with E-state index in [0.29, 0.717) is 35.0 Å². The van der Waals surface area contributed by atoms with E-state index in [9.17, 15) is 13.2 Å². The van der Waals surface area contributed by atoms with Gasteiger partial charge in [0.15, 0.2) is 5.78 Å². The lowest BCUT2D eigenvalue weighted by molar-refractivity contribution is 0.104. The summed E-state index contributed by atoms with van der Waals surface area (Å²) in [6.45, 7) is 5.99. The van der Waals surface area contributed by atoms with E-state index in [2.05, 4.69) is 20.0 Å². The van der Waals surface area contributed by atoms with Crippen LogP contribution in [0.2, 0.25) is 0 Å². The van der Waals surface area contributed by atoms with Crippen molar-refractivity contribution in [2.24, 2.45) is 0 Å². The summed E-state index contributed by atoms with van der Waals surface area (Å²) in [6.07, 6.45) is 2.91. The molecule has 166 valence electrons. The number of anilines is 2. The standard InChI is InChI=1S/C23H24N4O4S/c1-4-31-20-9-5-18(6-10-20)22(28)13-14-24-19-7-11-21(12-8-19)32(29,30)27-23-25-16(2)15-17(3)26-23/h5-15,24H,4H2,1-3H3,(H,25,26,27). The van der Waals surface area contributed by atoms with Gasteiger partial charge in [0.25, 0.3) is 10.0 Å². The summed E-state index contributed by atoms with van der Waals surface area (Å²) in [4.78, 5) is 20.5. The lowest BCUT2D eigenvalue weighted by atomic mass is 10.1. The predicted octanol–water partition coefficient (Wildman–Crippen LogP) is 4.10. The van der Waals surface area contributed by atoms with Crippen LogP contribution in [0.25, 0.3) is 0 Å². The van der Waals surface area contributed by atoms with Crippen LogP contribution in [0, 0.1) is 13.8 Å². The Hall–Kier alpha value is -3.72. The van der Waals surface area contributed by atoms with Crippen molar-refractivity contribution in [2.45, 2.75) is 25.7 Å². The molecule has 9 heteroatoms. The molecular formula is C23H24N4O4S. The highest BCUT2D eigenvalue weighted by molar-refractivity contribution is 7.92. The van der Waals surface area contributed by atoms with Gasteiger partial charge < -0.3 is 10.1 Å². The van der Waals surface area contributed by atoms with Gasteiger partial charge in [0.05, 0.1) is 11.5 Å². The van der Waals surface area contributed by atoms with Crippen LogP contribution in [0.4, 0.5) is 11.6 Å². The molecule has 0 amide bonds. The second kappa shape index (κ2) is 10.1. The monoisotopic (exact) mass is 452 g/mol. The van der Waals surface area contributed by atoms with E-state index in [-0.39, 0.29) is 16.6 Å². The van der Waals surface area contributed by atoms with Gasteiger partial charge in [-0.2, -0.15) is 0 Å². The van der Waals surface area contributed by atoms with Gasteiger partial charge in [-0.1, -0.05) is 0 Å². The molecule has 0 aliphatic rings. The number of sulfonamides is 1. The van der Waals surface area contributed by atoms with Crippen molar-refractivity contribution in [3.8, 4) is 5.75 Å². The Labute approximate surface area is 187 Å². The number of hydrogen-bond donors (Lipinski definition) is 2. The average molecular weight is 453 g/mol. The highest BCUT2D eigenvalue weighted by Gasteiger charge is 2.16. The highest BCUT2D eigenvalue weighted by atomic mass is 32.2. The predicted molar refractivity (Wildman–Crippen MR) is 123 cm³/mol. The maximum Gasteiger partial charge on any atom is 0.264 e. The maximum atomic E-state index is 12.6. The lowest BCUT2D eigenvalue weighted by Crippen LogP contribution is -2.15. The molecule has 3 rings (SSSR count). The molecule has 0 atom stereocenters. The zero-order chi connectivity index (χ0) is 23.1. The van der Waals surface area contributed by atoms with Crippen LogP contribution in [0.3, 0.4) is 0 Å². The number of aryl methyl sites for hydroxylation is 2. The van der Waals surface area contributed by atoms with E-state index in [0.717, 1.165) is 0 Å². The highest BCUT2D eigenvalue weighted by Crippen LogP contribution is 2.17. The van der Waals surface area contributed by atoms with Gasteiger partial charge in [-0.05, 0) is 75.4 Å². The number of allylic oxidation sites excluding steroid dienone is 1. The molecule has 32 heavy (non-hydrogen) atoms. The molecule has 0 fully saturated rings. The van der Waals surface area contributed by atoms with Crippen LogP contribution in [0.5, 0.6) is 5.75 Å². The van der Waals surface area contributed by atoms with Gasteiger partial charge in [-0.3, -0.25) is 4.79 Å². The summed E-state index contributed by atoms with van der Waals surface area (Å²) in [6, 6.07) is 14.7. The molecule has 1 aromatic heterocycles. The lowest BCUT2D eigenvalue weighted by Gasteiger charge is -2.09. The van der Waals surface area contributed by atoms with Crippen molar-refractivity contribution < 1.29 is 17.9 Å². The topological polar surface area (TPSA) is 110 Å². The number of hydrogen-bond acceptors (Lipinski definition) is 7. The van der Waals surface area contributed by atoms with Crippen LogP contribution in [-0.2, 0) is 10.0 Å². The Bertz CT molecular complexity index is 1200. The van der Waals surface area contributed by atoms with Crippen LogP contribution < -0.4 is 14.8 Å². The number of ketones is 1. The maximum absolute atomic E-state index is 12.6. The van der Waals surface area contributed by atoms with E-state index in [1.165, 1.54) is 24.4 Å². The summed E-state index contributed by atoms with van der Waals surface area (Å²) in [5, 5.41) is 2.95. The molecule has 3 aromatic rings. The van der Waals surface area contributed by atoms with Crippen molar-refractivity contribution in [1.82, 2.24) is 9.97 Å². The van der Waals surface area contributed by atoms with Crippen molar-refractivity contribution in [3.63, 3.8) is 0 Å². The quantitative estimate of drug-likeness (QED) is 0.371. The fraction of sp³-hybridized carbons (Fsp3) is 0.174. The number of ether oxygens (including phenoxy) is 1. The van der Waals surface area contributed by atoms with Crippen LogP contribution in [0.1, 0.15) is 28.7 Å². The number of nitrogens with zero attached hydrogens (tertiary/aromatic N) is 2. The third-order valence-electron chi connectivity index (χ3n) is 4.31. The number of aromatic nitrogens is 2. The third-order valence-corrected chi connectivity index (χ3v) is 5.65. The molecule has 0 aliphatic heterocycles. The number of rotatable bonds is 9. The van der Waals surface area contributed by atoms with Crippen LogP contribution >= 0.6 is 0 Å². The van der Waals surface area contributed by atoms with Crippen LogP contribution in [0.15, 0.2) is 71.8 Å². The first kappa shape index (κ1) is 23.0. The van der Waals surface area contributed by atoms with Gasteiger partial charge in [-0.15, -0.1) is 0 Å². The van der Waals surface area contributed by atoms with E-state index in [1.54, 1.807) is 56.3 Å². The van der Waals surface area contributed by atoms with Crippen molar-refractivity contribution in [1.29, 1.82) is 0 Å². The molecule has 0 unspecified atom stereocenters. The molecule has 2 aromatic carbocycles. The number of benzene rings is 2. The molecule has 0 radical (unpaired) electrons. The van der Waals surface area contributed by atoms with Gasteiger partial charge in [-0.25, -0.2) is 23.1 Å². The van der Waals surface area contributed by atoms with Crippen molar-refractivity contribution in [2.75, 3.05) is 16.6 Å². The van der Waals surface area contributed by atoms with Crippen molar-refractivity contribution >= 4 is 27.4 Å². The van der Waals surface area contributed by atoms with Gasteiger partial charge >= 0.3 is 0 Å². The van der Waals surface area contributed by atoms with Crippen LogP contribution in [-0.4, -0.2) is 30.8 Å². The fourth-order valence-electron chi connectivity index (χ4n) is 2.87. The second-order valence-corrected chi connectivity index (χ2v) is 8.59. The summed E-state index contributed by atoms with van der Waals surface area (Å²) in [5.41, 5.74) is 2.50. The fourth-order valence-corrected chi connectivity index (χ4v) is 3.82. The average Bonchev–Trinajstić information content (AvgIpc) is 2.74. The van der Waals surface area contributed by atoms with E-state index < -0.39 is 10.0 Å². The minimum Gasteiger partial charge on any atom is -0.494 e. The second-order valence-electron chi connectivity index (χ2n) is 6.90. The molecular weight excluding hydrogens is 428 g/mol. The van der Waals surface area contributed by atoms with E-state index in [4.69, 9.17) is 4.74 Å². The SMILES string of the molecule is CCOc1ccc(C(=O)C=CNc2ccc(S(=O)(=O)Nc3nc(C)cc(C)n3)cc2)cc1. The Kier molecular flexibility index (Phi) is 7.21. The van der Waals surface area contributed by atoms with E-state index >= 15 is 0 Å². The largest absolute Gasteiger partial charge is 0.494 e. The first-order valence-electron chi connectivity index (χ1n) is 9.92. The Morgan fingerprint density at radius 1 is 1.00 bits per heavy atom. The third kappa shape index (κ3) is 6.14. The summed E-state index contributed by atoms with van der Waals surface area (Å²) < 4.78 is 32.9. The number of nitrogens with one attached hydrogen (secondary N) is 2. The summed E-state index contributed by atoms with van der Waals surface area (Å²) in [7, 11) is -3.83. The Morgan fingerprint density at radius 3 is 2.22 bits per heavy atom. The number of carbonyl (C=O) groups is 1. The summed E-state index contributed by atoms with van der Waals surface area (Å²) in [5.74, 6) is 0.567. The first-order valence-corrected chi connectivity index (χ1v) is 11.4. The smallest absolute Gasteiger partial charge is 0.264 e. The summed E-state index contributed by atoms with van der Waals surface area (Å²) >= 11 is 0. The molecule has 0 aliphatic carbocycles. The zero-order valence-electron chi connectivity index (χ0n) is 18.0. The molecule has 8 nitrogen and oxygen atoms in total. The normalized spacial score (nSPS) is 11.3. The Balaban J connectivity index is 1.61. The molecule has 2 N–H and O–H groups in total. The molecule has 0 spiro atoms. The first-order chi connectivity index (χ1) is 15.3. The molecule has 0 saturated heterocycles. The minimum absolute atomic E-state index is 0.0282.